The van der Waals surface area contributed by atoms with Crippen molar-refractivity contribution in [2.24, 2.45) is 0 Å². The molecule has 0 saturated carbocycles. The predicted octanol–water partition coefficient (Wildman–Crippen LogP) is 3.45. The van der Waals surface area contributed by atoms with Crippen molar-refractivity contribution in [3.05, 3.63) is 65.2 Å². The molecule has 1 N–H and O–H groups in total. The Morgan fingerprint density at radius 2 is 1.59 bits per heavy atom. The Morgan fingerprint density at radius 1 is 0.963 bits per heavy atom. The van der Waals surface area contributed by atoms with E-state index in [1.807, 2.05) is 20.8 Å². The van der Waals surface area contributed by atoms with Crippen molar-refractivity contribution in [2.75, 3.05) is 4.90 Å². The summed E-state index contributed by atoms with van der Waals surface area (Å²) in [7, 11) is 0. The van der Waals surface area contributed by atoms with Crippen LogP contribution in [-0.4, -0.2) is 23.9 Å². The van der Waals surface area contributed by atoms with Crippen LogP contribution in [-0.2, 0) is 9.59 Å². The average molecular weight is 364 g/mol. The average Bonchev–Trinajstić information content (AvgIpc) is 2.61. The smallest absolute Gasteiger partial charge is 0.335 e. The monoisotopic (exact) mass is 364 g/mol. The van der Waals surface area contributed by atoms with Gasteiger partial charge in [-0.1, -0.05) is 29.8 Å². The molecular formula is C21H20N2O4. The Balaban J connectivity index is 1.90. The SMILES string of the molecule is Cc1ccc(N2C(=O)NC(=O)/C(=C\c3ccc(OC(C)C)cc3)C2=O)cc1. The molecule has 4 amide bonds. The van der Waals surface area contributed by atoms with Crippen molar-refractivity contribution < 1.29 is 19.1 Å². The molecular weight excluding hydrogens is 344 g/mol. The molecule has 2 aromatic rings. The molecule has 1 saturated heterocycles. The number of aryl methyl sites for hydroxylation is 1. The van der Waals surface area contributed by atoms with Crippen LogP contribution < -0.4 is 15.0 Å². The number of benzene rings is 2. The highest BCUT2D eigenvalue weighted by molar-refractivity contribution is 6.39. The molecule has 0 radical (unpaired) electrons. The summed E-state index contributed by atoms with van der Waals surface area (Å²) in [6.07, 6.45) is 1.51. The van der Waals surface area contributed by atoms with Crippen molar-refractivity contribution in [3.63, 3.8) is 0 Å². The van der Waals surface area contributed by atoms with E-state index >= 15 is 0 Å². The largest absolute Gasteiger partial charge is 0.491 e. The number of hydrogen-bond acceptors (Lipinski definition) is 4. The van der Waals surface area contributed by atoms with E-state index in [1.165, 1.54) is 6.08 Å². The summed E-state index contributed by atoms with van der Waals surface area (Å²) in [5, 5.41) is 2.21. The molecule has 0 aromatic heterocycles. The summed E-state index contributed by atoms with van der Waals surface area (Å²) < 4.78 is 5.58. The van der Waals surface area contributed by atoms with E-state index in [2.05, 4.69) is 5.32 Å². The lowest BCUT2D eigenvalue weighted by molar-refractivity contribution is -0.122. The van der Waals surface area contributed by atoms with Crippen LogP contribution in [0, 0.1) is 6.92 Å². The molecule has 0 atom stereocenters. The molecule has 0 bridgehead atoms. The van der Waals surface area contributed by atoms with Crippen molar-refractivity contribution in [3.8, 4) is 5.75 Å². The molecule has 6 heteroatoms. The first-order valence-electron chi connectivity index (χ1n) is 8.60. The van der Waals surface area contributed by atoms with Gasteiger partial charge in [0.1, 0.15) is 11.3 Å². The quantitative estimate of drug-likeness (QED) is 0.666. The van der Waals surface area contributed by atoms with Gasteiger partial charge in [-0.15, -0.1) is 0 Å². The van der Waals surface area contributed by atoms with E-state index in [-0.39, 0.29) is 11.7 Å². The van der Waals surface area contributed by atoms with Crippen LogP contribution in [0.1, 0.15) is 25.0 Å². The van der Waals surface area contributed by atoms with E-state index in [4.69, 9.17) is 4.74 Å². The standard InChI is InChI=1S/C21H20N2O4/c1-13(2)27-17-10-6-15(7-11-17)12-18-19(24)22-21(26)23(20(18)25)16-8-4-14(3)5-9-16/h4-13H,1-3H3,(H,22,24,26)/b18-12+. The maximum atomic E-state index is 12.8. The van der Waals surface area contributed by atoms with Gasteiger partial charge in [-0.2, -0.15) is 0 Å². The van der Waals surface area contributed by atoms with Gasteiger partial charge in [0.05, 0.1) is 11.8 Å². The summed E-state index contributed by atoms with van der Waals surface area (Å²) in [6, 6.07) is 13.2. The number of anilines is 1. The summed E-state index contributed by atoms with van der Waals surface area (Å²) in [6.45, 7) is 5.76. The zero-order chi connectivity index (χ0) is 19.6. The fourth-order valence-electron chi connectivity index (χ4n) is 2.67. The molecule has 1 aliphatic rings. The van der Waals surface area contributed by atoms with Gasteiger partial charge in [-0.25, -0.2) is 9.69 Å². The van der Waals surface area contributed by atoms with Crippen LogP contribution in [0.5, 0.6) is 5.75 Å². The number of carbonyl (C=O) groups excluding carboxylic acids is 3. The number of nitrogens with one attached hydrogen (secondary N) is 1. The Morgan fingerprint density at radius 3 is 2.19 bits per heavy atom. The second kappa shape index (κ2) is 7.45. The molecule has 6 nitrogen and oxygen atoms in total. The highest BCUT2D eigenvalue weighted by Gasteiger charge is 2.36. The van der Waals surface area contributed by atoms with Crippen LogP contribution in [0.25, 0.3) is 6.08 Å². The first kappa shape index (κ1) is 18.4. The third kappa shape index (κ3) is 4.06. The Labute approximate surface area is 157 Å². The summed E-state index contributed by atoms with van der Waals surface area (Å²) in [4.78, 5) is 38.1. The third-order valence-corrected chi connectivity index (χ3v) is 3.96. The number of ether oxygens (including phenoxy) is 1. The summed E-state index contributed by atoms with van der Waals surface area (Å²) >= 11 is 0. The number of imide groups is 2. The van der Waals surface area contributed by atoms with Gasteiger partial charge in [-0.3, -0.25) is 14.9 Å². The van der Waals surface area contributed by atoms with E-state index in [0.717, 1.165) is 10.5 Å². The lowest BCUT2D eigenvalue weighted by Gasteiger charge is -2.26. The summed E-state index contributed by atoms with van der Waals surface area (Å²) in [5.74, 6) is -0.672. The molecule has 0 unspecified atom stereocenters. The minimum absolute atomic E-state index is 0.0500. The fraction of sp³-hybridized carbons (Fsp3) is 0.190. The number of hydrogen-bond donors (Lipinski definition) is 1. The Hall–Kier alpha value is -3.41. The molecule has 138 valence electrons. The molecule has 1 heterocycles. The normalized spacial score (nSPS) is 16.1. The van der Waals surface area contributed by atoms with Gasteiger partial charge in [0.25, 0.3) is 11.8 Å². The Bertz CT molecular complexity index is 912. The molecule has 0 spiro atoms. The van der Waals surface area contributed by atoms with Gasteiger partial charge in [0.2, 0.25) is 0 Å². The Kier molecular flexibility index (Phi) is 5.07. The molecule has 2 aromatic carbocycles. The topological polar surface area (TPSA) is 75.7 Å². The third-order valence-electron chi connectivity index (χ3n) is 3.96. The van der Waals surface area contributed by atoms with E-state index in [0.29, 0.717) is 17.0 Å². The first-order valence-corrected chi connectivity index (χ1v) is 8.60. The molecule has 1 fully saturated rings. The zero-order valence-corrected chi connectivity index (χ0v) is 15.4. The molecule has 0 aliphatic carbocycles. The van der Waals surface area contributed by atoms with Gasteiger partial charge < -0.3 is 4.74 Å². The maximum absolute atomic E-state index is 12.8. The van der Waals surface area contributed by atoms with Crippen LogP contribution in [0.4, 0.5) is 10.5 Å². The number of barbiturate groups is 1. The first-order chi connectivity index (χ1) is 12.8. The van der Waals surface area contributed by atoms with Crippen LogP contribution in [0.2, 0.25) is 0 Å². The van der Waals surface area contributed by atoms with Crippen LogP contribution in [0.3, 0.4) is 0 Å². The van der Waals surface area contributed by atoms with Gasteiger partial charge in [-0.05, 0) is 56.7 Å². The minimum Gasteiger partial charge on any atom is -0.491 e. The molecule has 1 aliphatic heterocycles. The van der Waals surface area contributed by atoms with Crippen LogP contribution in [0.15, 0.2) is 54.1 Å². The second-order valence-electron chi connectivity index (χ2n) is 6.53. The number of nitrogens with zero attached hydrogens (tertiary/aromatic N) is 1. The highest BCUT2D eigenvalue weighted by atomic mass is 16.5. The van der Waals surface area contributed by atoms with Crippen LogP contribution >= 0.6 is 0 Å². The fourth-order valence-corrected chi connectivity index (χ4v) is 2.67. The lowest BCUT2D eigenvalue weighted by Crippen LogP contribution is -2.54. The van der Waals surface area contributed by atoms with Crippen molar-refractivity contribution in [1.29, 1.82) is 0 Å². The van der Waals surface area contributed by atoms with Gasteiger partial charge in [0.15, 0.2) is 0 Å². The van der Waals surface area contributed by atoms with Gasteiger partial charge >= 0.3 is 6.03 Å². The van der Waals surface area contributed by atoms with E-state index in [9.17, 15) is 14.4 Å². The van der Waals surface area contributed by atoms with E-state index < -0.39 is 17.8 Å². The summed E-state index contributed by atoms with van der Waals surface area (Å²) in [5.41, 5.74) is 1.96. The van der Waals surface area contributed by atoms with Crippen molar-refractivity contribution >= 4 is 29.6 Å². The predicted molar refractivity (Wildman–Crippen MR) is 102 cm³/mol. The number of urea groups is 1. The highest BCUT2D eigenvalue weighted by Crippen LogP contribution is 2.23. The minimum atomic E-state index is -0.758. The van der Waals surface area contributed by atoms with Crippen molar-refractivity contribution in [1.82, 2.24) is 5.32 Å². The number of rotatable bonds is 4. The zero-order valence-electron chi connectivity index (χ0n) is 15.4. The lowest BCUT2D eigenvalue weighted by atomic mass is 10.1. The van der Waals surface area contributed by atoms with Gasteiger partial charge in [0, 0.05) is 0 Å². The molecule has 27 heavy (non-hydrogen) atoms. The number of carbonyl (C=O) groups is 3. The second-order valence-corrected chi connectivity index (χ2v) is 6.53. The number of amides is 4. The molecule has 3 rings (SSSR count). The maximum Gasteiger partial charge on any atom is 0.335 e. The van der Waals surface area contributed by atoms with E-state index in [1.54, 1.807) is 48.5 Å². The van der Waals surface area contributed by atoms with Crippen molar-refractivity contribution in [2.45, 2.75) is 26.9 Å².